The molecule has 2 aliphatic heterocycles. The number of benzene rings is 1. The number of rotatable bonds is 5. The second-order valence-electron chi connectivity index (χ2n) is 11.8. The van der Waals surface area contributed by atoms with Gasteiger partial charge in [-0.1, -0.05) is 24.3 Å². The summed E-state index contributed by atoms with van der Waals surface area (Å²) in [7, 11) is 0. The van der Waals surface area contributed by atoms with Crippen molar-refractivity contribution in [2.45, 2.75) is 64.1 Å². The van der Waals surface area contributed by atoms with Gasteiger partial charge < -0.3 is 25.3 Å². The van der Waals surface area contributed by atoms with Gasteiger partial charge in [0.15, 0.2) is 0 Å². The lowest BCUT2D eigenvalue weighted by molar-refractivity contribution is 0.139. The minimum Gasteiger partial charge on any atom is -0.465 e. The molecule has 2 unspecified atom stereocenters. The summed E-state index contributed by atoms with van der Waals surface area (Å²) in [5.41, 5.74) is 3.68. The van der Waals surface area contributed by atoms with Crippen LogP contribution in [0, 0.1) is 0 Å². The topological polar surface area (TPSA) is 130 Å². The molecule has 6 rings (SSSR count). The zero-order valence-corrected chi connectivity index (χ0v) is 24.3. The van der Waals surface area contributed by atoms with Crippen molar-refractivity contribution in [2.24, 2.45) is 0 Å². The summed E-state index contributed by atoms with van der Waals surface area (Å²) in [6, 6.07) is 12.2. The van der Waals surface area contributed by atoms with Gasteiger partial charge >= 0.3 is 12.1 Å². The first-order valence-electron chi connectivity index (χ1n) is 14.1. The number of aromatic nitrogens is 4. The van der Waals surface area contributed by atoms with Crippen LogP contribution in [0.3, 0.4) is 0 Å². The summed E-state index contributed by atoms with van der Waals surface area (Å²) in [6.07, 6.45) is 6.21. The molecule has 41 heavy (non-hydrogen) atoms. The molecule has 2 aliphatic rings. The van der Waals surface area contributed by atoms with E-state index in [2.05, 4.69) is 61.7 Å². The van der Waals surface area contributed by atoms with E-state index >= 15 is 0 Å². The Bertz CT molecular complexity index is 1550. The molecule has 0 spiro atoms. The van der Waals surface area contributed by atoms with Gasteiger partial charge in [-0.25, -0.2) is 19.6 Å². The van der Waals surface area contributed by atoms with Crippen molar-refractivity contribution in [1.29, 1.82) is 0 Å². The SMILES string of the molecule is CC(C)(C)NC(=O)N1CCCC1c1ncc(-c2ccc(-c3ccc(-c4cnc(C5CCCN5C(=O)O)[nH]4)s3)cc2)[nH]1. The van der Waals surface area contributed by atoms with Crippen LogP contribution in [-0.2, 0) is 0 Å². The summed E-state index contributed by atoms with van der Waals surface area (Å²) >= 11 is 1.67. The standard InChI is InChI=1S/C30H35N7O3S/c1-30(2,3)35-28(38)36-14-4-6-22(36)26-31-16-20(33-26)18-8-10-19(11-9-18)24-12-13-25(41-24)21-17-32-27(34-21)23-7-5-15-37(23)29(39)40/h8-13,16-17,22-23H,4-7,14-15H2,1-3H3,(H,31,33)(H,32,34)(H,35,38)(H,39,40). The summed E-state index contributed by atoms with van der Waals surface area (Å²) in [5, 5.41) is 12.5. The van der Waals surface area contributed by atoms with Crippen LogP contribution in [0.25, 0.3) is 32.3 Å². The first-order chi connectivity index (χ1) is 19.7. The lowest BCUT2D eigenvalue weighted by Crippen LogP contribution is -2.48. The maximum absolute atomic E-state index is 12.8. The van der Waals surface area contributed by atoms with Crippen molar-refractivity contribution in [1.82, 2.24) is 35.1 Å². The predicted molar refractivity (Wildman–Crippen MR) is 159 cm³/mol. The van der Waals surface area contributed by atoms with E-state index in [4.69, 9.17) is 0 Å². The molecule has 214 valence electrons. The van der Waals surface area contributed by atoms with Gasteiger partial charge in [0.25, 0.3) is 0 Å². The Morgan fingerprint density at radius 1 is 0.854 bits per heavy atom. The van der Waals surface area contributed by atoms with Crippen molar-refractivity contribution in [2.75, 3.05) is 13.1 Å². The molecular weight excluding hydrogens is 538 g/mol. The monoisotopic (exact) mass is 573 g/mol. The number of carbonyl (C=O) groups is 2. The van der Waals surface area contributed by atoms with Gasteiger partial charge in [-0.2, -0.15) is 0 Å². The average Bonchev–Trinajstić information content (AvgIpc) is 3.76. The zero-order chi connectivity index (χ0) is 28.7. The molecule has 4 N–H and O–H groups in total. The van der Waals surface area contributed by atoms with E-state index in [1.54, 1.807) is 17.5 Å². The molecule has 0 aliphatic carbocycles. The van der Waals surface area contributed by atoms with Gasteiger partial charge in [0, 0.05) is 23.5 Å². The number of thiophene rings is 1. The number of H-pyrrole nitrogens is 2. The van der Waals surface area contributed by atoms with Gasteiger partial charge in [-0.3, -0.25) is 4.90 Å². The van der Waals surface area contributed by atoms with Gasteiger partial charge in [0.05, 0.1) is 40.7 Å². The molecule has 0 bridgehead atoms. The van der Waals surface area contributed by atoms with Crippen LogP contribution in [-0.4, -0.2) is 65.6 Å². The first kappa shape index (κ1) is 27.1. The van der Waals surface area contributed by atoms with E-state index in [-0.39, 0.29) is 23.7 Å². The fourth-order valence-electron chi connectivity index (χ4n) is 5.70. The number of carbonyl (C=O) groups excluding carboxylic acids is 1. The molecule has 2 fully saturated rings. The molecule has 3 aromatic heterocycles. The molecule has 0 radical (unpaired) electrons. The number of hydrogen-bond acceptors (Lipinski definition) is 5. The van der Waals surface area contributed by atoms with Gasteiger partial charge in [-0.05, 0) is 69.7 Å². The van der Waals surface area contributed by atoms with E-state index in [1.165, 1.54) is 4.90 Å². The van der Waals surface area contributed by atoms with Crippen LogP contribution in [0.2, 0.25) is 0 Å². The lowest BCUT2D eigenvalue weighted by atomic mass is 10.1. The Hall–Kier alpha value is -4.12. The van der Waals surface area contributed by atoms with Gasteiger partial charge in [0.1, 0.15) is 11.6 Å². The fraction of sp³-hybridized carbons (Fsp3) is 0.400. The number of carboxylic acid groups (broad SMARTS) is 1. The quantitative estimate of drug-likeness (QED) is 0.212. The van der Waals surface area contributed by atoms with Crippen LogP contribution in [0.5, 0.6) is 0 Å². The van der Waals surface area contributed by atoms with Crippen molar-refractivity contribution in [3.8, 4) is 32.3 Å². The molecule has 11 heteroatoms. The molecule has 5 heterocycles. The van der Waals surface area contributed by atoms with Gasteiger partial charge in [-0.15, -0.1) is 11.3 Å². The Balaban J connectivity index is 1.14. The zero-order valence-electron chi connectivity index (χ0n) is 23.5. The molecule has 10 nitrogen and oxygen atoms in total. The number of hydrogen-bond donors (Lipinski definition) is 4. The summed E-state index contributed by atoms with van der Waals surface area (Å²) < 4.78 is 0. The molecular formula is C30H35N7O3S. The average molecular weight is 574 g/mol. The number of nitrogens with one attached hydrogen (secondary N) is 3. The van der Waals surface area contributed by atoms with Crippen LogP contribution in [0.1, 0.15) is 70.2 Å². The Labute approximate surface area is 242 Å². The minimum atomic E-state index is -0.900. The van der Waals surface area contributed by atoms with Crippen LogP contribution < -0.4 is 5.32 Å². The van der Waals surface area contributed by atoms with Crippen molar-refractivity contribution >= 4 is 23.5 Å². The largest absolute Gasteiger partial charge is 0.465 e. The Morgan fingerprint density at radius 3 is 2.07 bits per heavy atom. The molecule has 4 aromatic rings. The third-order valence-electron chi connectivity index (χ3n) is 7.67. The number of imidazole rings is 2. The maximum atomic E-state index is 12.8. The smallest absolute Gasteiger partial charge is 0.407 e. The number of amides is 3. The van der Waals surface area contributed by atoms with E-state index in [9.17, 15) is 14.7 Å². The Morgan fingerprint density at radius 2 is 1.41 bits per heavy atom. The second-order valence-corrected chi connectivity index (χ2v) is 12.9. The number of aromatic amines is 2. The molecule has 2 saturated heterocycles. The van der Waals surface area contributed by atoms with Crippen molar-refractivity contribution in [3.63, 3.8) is 0 Å². The van der Waals surface area contributed by atoms with Crippen LogP contribution in [0.4, 0.5) is 9.59 Å². The molecule has 1 aromatic carbocycles. The highest BCUT2D eigenvalue weighted by atomic mass is 32.1. The van der Waals surface area contributed by atoms with Crippen LogP contribution in [0.15, 0.2) is 48.8 Å². The normalized spacial score (nSPS) is 19.2. The lowest BCUT2D eigenvalue weighted by Gasteiger charge is -2.28. The van der Waals surface area contributed by atoms with E-state index in [0.29, 0.717) is 12.4 Å². The maximum Gasteiger partial charge on any atom is 0.407 e. The molecule has 3 amide bonds. The van der Waals surface area contributed by atoms with E-state index < -0.39 is 6.09 Å². The number of urea groups is 1. The third-order valence-corrected chi connectivity index (χ3v) is 8.84. The highest BCUT2D eigenvalue weighted by Gasteiger charge is 2.34. The molecule has 0 saturated carbocycles. The van der Waals surface area contributed by atoms with Crippen molar-refractivity contribution in [3.05, 3.63) is 60.4 Å². The summed E-state index contributed by atoms with van der Waals surface area (Å²) in [6.45, 7) is 7.23. The van der Waals surface area contributed by atoms with E-state index in [0.717, 1.165) is 70.3 Å². The molecule has 2 atom stereocenters. The third kappa shape index (κ3) is 5.58. The van der Waals surface area contributed by atoms with Crippen LogP contribution >= 0.6 is 11.3 Å². The first-order valence-corrected chi connectivity index (χ1v) is 14.9. The predicted octanol–water partition coefficient (Wildman–Crippen LogP) is 6.66. The second kappa shape index (κ2) is 10.7. The van der Waals surface area contributed by atoms with E-state index in [1.807, 2.05) is 31.9 Å². The summed E-state index contributed by atoms with van der Waals surface area (Å²) in [4.78, 5) is 45.9. The number of nitrogens with zero attached hydrogens (tertiary/aromatic N) is 4. The fourth-order valence-corrected chi connectivity index (χ4v) is 6.68. The van der Waals surface area contributed by atoms with Gasteiger partial charge in [0.2, 0.25) is 0 Å². The highest BCUT2D eigenvalue weighted by Crippen LogP contribution is 2.37. The van der Waals surface area contributed by atoms with Crippen molar-refractivity contribution < 1.29 is 14.7 Å². The number of likely N-dealkylation sites (tertiary alicyclic amines) is 2. The minimum absolute atomic E-state index is 0.0512. The highest BCUT2D eigenvalue weighted by molar-refractivity contribution is 7.18. The summed E-state index contributed by atoms with van der Waals surface area (Å²) in [5.74, 6) is 1.52. The Kier molecular flexibility index (Phi) is 7.06.